The van der Waals surface area contributed by atoms with Crippen molar-refractivity contribution >= 4 is 0 Å². The fraction of sp³-hybridized carbons (Fsp3) is 0.379. The number of quaternary nitrogens is 1. The van der Waals surface area contributed by atoms with Gasteiger partial charge in [-0.05, 0) is 16.7 Å². The molecule has 0 spiro atoms. The van der Waals surface area contributed by atoms with Gasteiger partial charge in [0.05, 0.1) is 32.8 Å². The summed E-state index contributed by atoms with van der Waals surface area (Å²) in [5.74, 6) is 0. The molecule has 3 fully saturated rings. The Bertz CT molecular complexity index is 943. The van der Waals surface area contributed by atoms with E-state index in [1.54, 1.807) is 0 Å². The summed E-state index contributed by atoms with van der Waals surface area (Å²) in [5, 5.41) is 12.4. The standard InChI is InChI=1S/C29H34NO2.H2O/c31-29(26-12-6-2-7-13-26,27-14-8-3-9-15-27)28-16-19-30(20-17-28,21-18-28)22-23-32-24-25-10-4-1-5-11-25;/h1-15,31H,16-24H2;1H2/q+1;/p-1. The van der Waals surface area contributed by atoms with E-state index in [2.05, 4.69) is 72.8 Å². The van der Waals surface area contributed by atoms with E-state index in [4.69, 9.17) is 4.74 Å². The Balaban J connectivity index is 0.00000259. The maximum atomic E-state index is 12.4. The first-order valence-corrected chi connectivity index (χ1v) is 12.0. The third kappa shape index (κ3) is 4.36. The van der Waals surface area contributed by atoms with Gasteiger partial charge in [0.25, 0.3) is 0 Å². The molecule has 3 aromatic rings. The highest BCUT2D eigenvalue weighted by Crippen LogP contribution is 2.57. The van der Waals surface area contributed by atoms with Crippen molar-refractivity contribution in [2.45, 2.75) is 31.5 Å². The van der Waals surface area contributed by atoms with E-state index in [0.29, 0.717) is 6.61 Å². The lowest BCUT2D eigenvalue weighted by Gasteiger charge is -2.60. The van der Waals surface area contributed by atoms with Crippen LogP contribution in [0.25, 0.3) is 0 Å². The summed E-state index contributed by atoms with van der Waals surface area (Å²) in [6.07, 6.45) is 3.14. The van der Waals surface area contributed by atoms with Gasteiger partial charge in [-0.25, -0.2) is 0 Å². The van der Waals surface area contributed by atoms with Gasteiger partial charge in [-0.15, -0.1) is 0 Å². The topological polar surface area (TPSA) is 59.5 Å². The Hall–Kier alpha value is -2.50. The van der Waals surface area contributed by atoms with E-state index in [0.717, 1.165) is 67.7 Å². The molecule has 174 valence electrons. The number of ether oxygens (including phenoxy) is 1. The molecule has 0 radical (unpaired) electrons. The van der Waals surface area contributed by atoms with Crippen LogP contribution in [0.1, 0.15) is 36.0 Å². The van der Waals surface area contributed by atoms with E-state index in [-0.39, 0.29) is 10.9 Å². The van der Waals surface area contributed by atoms with Crippen LogP contribution in [0.4, 0.5) is 0 Å². The van der Waals surface area contributed by atoms with Gasteiger partial charge in [-0.2, -0.15) is 0 Å². The molecule has 3 heterocycles. The van der Waals surface area contributed by atoms with E-state index in [1.807, 2.05) is 18.2 Å². The molecule has 0 unspecified atom stereocenters. The fourth-order valence-corrected chi connectivity index (χ4v) is 6.10. The smallest absolute Gasteiger partial charge is 0.121 e. The predicted octanol–water partition coefficient (Wildman–Crippen LogP) is 4.96. The summed E-state index contributed by atoms with van der Waals surface area (Å²) < 4.78 is 7.17. The van der Waals surface area contributed by atoms with Gasteiger partial charge in [-0.3, -0.25) is 0 Å². The van der Waals surface area contributed by atoms with Crippen molar-refractivity contribution in [1.29, 1.82) is 0 Å². The zero-order valence-electron chi connectivity index (χ0n) is 19.3. The molecule has 0 aliphatic carbocycles. The molecule has 2 bridgehead atoms. The van der Waals surface area contributed by atoms with Crippen molar-refractivity contribution in [2.75, 3.05) is 32.8 Å². The van der Waals surface area contributed by atoms with E-state index in [9.17, 15) is 5.11 Å². The van der Waals surface area contributed by atoms with Crippen LogP contribution in [-0.4, -0.2) is 47.9 Å². The molecule has 3 aromatic carbocycles. The van der Waals surface area contributed by atoms with Gasteiger partial charge < -0.3 is 19.8 Å². The van der Waals surface area contributed by atoms with Gasteiger partial charge in [0.15, 0.2) is 0 Å². The molecule has 6 rings (SSSR count). The van der Waals surface area contributed by atoms with Gasteiger partial charge in [0.1, 0.15) is 12.1 Å². The largest absolute Gasteiger partial charge is 0.870 e. The van der Waals surface area contributed by atoms with Gasteiger partial charge >= 0.3 is 0 Å². The monoisotopic (exact) mass is 445 g/mol. The molecule has 0 amide bonds. The molecule has 0 atom stereocenters. The van der Waals surface area contributed by atoms with E-state index < -0.39 is 5.60 Å². The number of hydrogen-bond acceptors (Lipinski definition) is 3. The van der Waals surface area contributed by atoms with E-state index in [1.165, 1.54) is 5.56 Å². The maximum Gasteiger partial charge on any atom is 0.121 e. The summed E-state index contributed by atoms with van der Waals surface area (Å²) in [5.41, 5.74) is 2.23. The first-order valence-electron chi connectivity index (χ1n) is 12.0. The molecule has 2 N–H and O–H groups in total. The summed E-state index contributed by atoms with van der Waals surface area (Å²) in [6, 6.07) is 31.1. The molecule has 0 saturated carbocycles. The Morgan fingerprint density at radius 3 is 1.67 bits per heavy atom. The van der Waals surface area contributed by atoms with Crippen LogP contribution in [0.5, 0.6) is 0 Å². The zero-order chi connectivity index (χ0) is 21.9. The predicted molar refractivity (Wildman–Crippen MR) is 130 cm³/mol. The van der Waals surface area contributed by atoms with Crippen molar-refractivity contribution in [2.24, 2.45) is 5.41 Å². The van der Waals surface area contributed by atoms with Crippen LogP contribution in [0.15, 0.2) is 91.0 Å². The first kappa shape index (κ1) is 23.7. The highest BCUT2D eigenvalue weighted by molar-refractivity contribution is 5.39. The highest BCUT2D eigenvalue weighted by atomic mass is 16.5. The lowest BCUT2D eigenvalue weighted by Crippen LogP contribution is -2.67. The minimum Gasteiger partial charge on any atom is -0.870 e. The summed E-state index contributed by atoms with van der Waals surface area (Å²) in [6.45, 7) is 5.91. The SMILES string of the molecule is OC(c1ccccc1)(c1ccccc1)C12CC[N+](CCOCc3ccccc3)(CC1)CC2.[OH-]. The van der Waals surface area contributed by atoms with Crippen molar-refractivity contribution in [3.8, 4) is 0 Å². The normalized spacial score (nSPS) is 24.3. The Morgan fingerprint density at radius 1 is 0.727 bits per heavy atom. The minimum absolute atomic E-state index is 0. The van der Waals surface area contributed by atoms with Crippen LogP contribution in [-0.2, 0) is 16.9 Å². The van der Waals surface area contributed by atoms with Crippen LogP contribution >= 0.6 is 0 Å². The average molecular weight is 446 g/mol. The number of benzene rings is 3. The van der Waals surface area contributed by atoms with Crippen molar-refractivity contribution in [3.05, 3.63) is 108 Å². The fourth-order valence-electron chi connectivity index (χ4n) is 6.10. The van der Waals surface area contributed by atoms with Crippen molar-refractivity contribution < 1.29 is 19.8 Å². The number of aliphatic hydroxyl groups is 1. The summed E-state index contributed by atoms with van der Waals surface area (Å²) in [7, 11) is 0. The van der Waals surface area contributed by atoms with Gasteiger partial charge in [-0.1, -0.05) is 91.0 Å². The molecule has 3 saturated heterocycles. The van der Waals surface area contributed by atoms with Crippen LogP contribution in [0, 0.1) is 5.41 Å². The first-order chi connectivity index (χ1) is 15.7. The third-order valence-electron chi connectivity index (χ3n) is 8.17. The number of rotatable bonds is 8. The Labute approximate surface area is 197 Å². The molecule has 3 aliphatic rings. The second-order valence-electron chi connectivity index (χ2n) is 9.75. The van der Waals surface area contributed by atoms with Crippen molar-refractivity contribution in [1.82, 2.24) is 0 Å². The summed E-state index contributed by atoms with van der Waals surface area (Å²) in [4.78, 5) is 0. The molecule has 0 aromatic heterocycles. The van der Waals surface area contributed by atoms with E-state index >= 15 is 0 Å². The lowest BCUT2D eigenvalue weighted by atomic mass is 9.56. The average Bonchev–Trinajstić information content (AvgIpc) is 2.89. The molecule has 3 aliphatic heterocycles. The zero-order valence-corrected chi connectivity index (χ0v) is 19.3. The highest BCUT2D eigenvalue weighted by Gasteiger charge is 2.60. The molecule has 33 heavy (non-hydrogen) atoms. The van der Waals surface area contributed by atoms with Gasteiger partial charge in [0.2, 0.25) is 0 Å². The third-order valence-corrected chi connectivity index (χ3v) is 8.17. The number of piperidine rings is 3. The lowest BCUT2D eigenvalue weighted by molar-refractivity contribution is -0.946. The van der Waals surface area contributed by atoms with Crippen LogP contribution in [0.2, 0.25) is 0 Å². The number of nitrogens with zero attached hydrogens (tertiary/aromatic N) is 1. The number of hydrogen-bond donors (Lipinski definition) is 1. The molecular formula is C29H35NO3. The number of fused-ring (bicyclic) bond motifs is 3. The Kier molecular flexibility index (Phi) is 7.01. The molecule has 4 nitrogen and oxygen atoms in total. The second-order valence-corrected chi connectivity index (χ2v) is 9.75. The second kappa shape index (κ2) is 9.78. The maximum absolute atomic E-state index is 12.4. The molecule has 4 heteroatoms. The van der Waals surface area contributed by atoms with Crippen LogP contribution in [0.3, 0.4) is 0 Å². The Morgan fingerprint density at radius 2 is 1.18 bits per heavy atom. The molecular weight excluding hydrogens is 410 g/mol. The minimum atomic E-state index is -0.949. The van der Waals surface area contributed by atoms with Gasteiger partial charge in [0, 0.05) is 24.7 Å². The quantitative estimate of drug-likeness (QED) is 0.394. The summed E-state index contributed by atoms with van der Waals surface area (Å²) >= 11 is 0. The van der Waals surface area contributed by atoms with Crippen LogP contribution < -0.4 is 0 Å². The van der Waals surface area contributed by atoms with Crippen molar-refractivity contribution in [3.63, 3.8) is 0 Å².